The Balaban J connectivity index is 0.00000462. The number of amides is 1. The standard InChI is InChI=1S/C29H40N4O5S2.ClH/c1-5-14-32(15-6-2)40(35,36)24-11-9-23(10-12-24)28(34)33(17-7-16-31-18-20-38-21-19-31)29-30-26-25(37-4)13-8-22(3)27(26)39-29;/h8-13H,5-7,14-21H2,1-4H3;1H. The molecule has 12 heteroatoms. The highest BCUT2D eigenvalue weighted by Gasteiger charge is 2.26. The molecule has 1 aliphatic rings. The van der Waals surface area contributed by atoms with Crippen LogP contribution in [0.3, 0.4) is 0 Å². The highest BCUT2D eigenvalue weighted by molar-refractivity contribution is 7.89. The summed E-state index contributed by atoms with van der Waals surface area (Å²) in [6, 6.07) is 10.2. The van der Waals surface area contributed by atoms with E-state index in [0.29, 0.717) is 36.1 Å². The molecule has 9 nitrogen and oxygen atoms in total. The Morgan fingerprint density at radius 1 is 1.05 bits per heavy atom. The first-order valence-corrected chi connectivity index (χ1v) is 16.2. The van der Waals surface area contributed by atoms with E-state index in [0.717, 1.165) is 67.9 Å². The van der Waals surface area contributed by atoms with Crippen molar-refractivity contribution in [2.75, 3.05) is 64.5 Å². The van der Waals surface area contributed by atoms with Gasteiger partial charge in [-0.05, 0) is 62.1 Å². The zero-order valence-corrected chi connectivity index (χ0v) is 26.7. The molecule has 1 amide bonds. The highest BCUT2D eigenvalue weighted by Crippen LogP contribution is 2.37. The van der Waals surface area contributed by atoms with Crippen LogP contribution in [0.5, 0.6) is 5.75 Å². The SMILES string of the molecule is CCCN(CCC)S(=O)(=O)c1ccc(C(=O)N(CCCN2CCOCC2)c2nc3c(OC)ccc(C)c3s2)cc1.Cl. The molecule has 2 aromatic carbocycles. The first kappa shape index (κ1) is 33.2. The second-order valence-corrected chi connectivity index (χ2v) is 12.9. The summed E-state index contributed by atoms with van der Waals surface area (Å²) in [5.74, 6) is 0.461. The highest BCUT2D eigenvalue weighted by atomic mass is 35.5. The van der Waals surface area contributed by atoms with Gasteiger partial charge in [-0.2, -0.15) is 4.31 Å². The Kier molecular flexibility index (Phi) is 12.4. The molecule has 0 unspecified atom stereocenters. The number of aryl methyl sites for hydroxylation is 1. The van der Waals surface area contributed by atoms with E-state index in [2.05, 4.69) is 4.90 Å². The zero-order valence-electron chi connectivity index (χ0n) is 24.3. The number of methoxy groups -OCH3 is 1. The quantitative estimate of drug-likeness (QED) is 0.258. The Morgan fingerprint density at radius 3 is 2.32 bits per heavy atom. The summed E-state index contributed by atoms with van der Waals surface area (Å²) in [7, 11) is -2.01. The molecule has 0 aliphatic carbocycles. The van der Waals surface area contributed by atoms with E-state index in [4.69, 9.17) is 14.5 Å². The smallest absolute Gasteiger partial charge is 0.260 e. The van der Waals surface area contributed by atoms with E-state index in [9.17, 15) is 13.2 Å². The number of carbonyl (C=O) groups excluding carboxylic acids is 1. The Hall–Kier alpha value is -2.28. The molecule has 0 saturated carbocycles. The van der Waals surface area contributed by atoms with Crippen molar-refractivity contribution in [2.24, 2.45) is 0 Å². The second kappa shape index (κ2) is 15.3. The number of fused-ring (bicyclic) bond motifs is 1. The third kappa shape index (κ3) is 7.77. The molecular formula is C29H41ClN4O5S2. The maximum absolute atomic E-state index is 13.9. The number of thiazole rings is 1. The first-order chi connectivity index (χ1) is 19.3. The third-order valence-corrected chi connectivity index (χ3v) is 10.2. The van der Waals surface area contributed by atoms with E-state index in [1.165, 1.54) is 15.6 Å². The number of rotatable bonds is 13. The predicted molar refractivity (Wildman–Crippen MR) is 167 cm³/mol. The lowest BCUT2D eigenvalue weighted by atomic mass is 10.2. The van der Waals surface area contributed by atoms with Crippen LogP contribution in [0, 0.1) is 6.92 Å². The van der Waals surface area contributed by atoms with Crippen molar-refractivity contribution in [2.45, 2.75) is 44.9 Å². The van der Waals surface area contributed by atoms with E-state index in [1.54, 1.807) is 36.3 Å². The van der Waals surface area contributed by atoms with Crippen LogP contribution in [0.1, 0.15) is 49.0 Å². The summed E-state index contributed by atoms with van der Waals surface area (Å²) in [6.07, 6.45) is 2.25. The number of hydrogen-bond acceptors (Lipinski definition) is 8. The lowest BCUT2D eigenvalue weighted by molar-refractivity contribution is 0.0376. The molecule has 0 atom stereocenters. The van der Waals surface area contributed by atoms with Gasteiger partial charge in [0.2, 0.25) is 10.0 Å². The molecule has 0 bridgehead atoms. The van der Waals surface area contributed by atoms with Gasteiger partial charge in [0.1, 0.15) is 11.3 Å². The predicted octanol–water partition coefficient (Wildman–Crippen LogP) is 5.21. The molecule has 1 aliphatic heterocycles. The van der Waals surface area contributed by atoms with E-state index in [-0.39, 0.29) is 23.2 Å². The van der Waals surface area contributed by atoms with Crippen molar-refractivity contribution >= 4 is 55.0 Å². The van der Waals surface area contributed by atoms with Crippen molar-refractivity contribution in [3.8, 4) is 5.75 Å². The van der Waals surface area contributed by atoms with Gasteiger partial charge in [0, 0.05) is 44.8 Å². The minimum atomic E-state index is -3.63. The molecule has 1 saturated heterocycles. The van der Waals surface area contributed by atoms with Gasteiger partial charge >= 0.3 is 0 Å². The number of sulfonamides is 1. The van der Waals surface area contributed by atoms with Crippen LogP contribution in [0.25, 0.3) is 10.2 Å². The van der Waals surface area contributed by atoms with Crippen molar-refractivity contribution in [1.29, 1.82) is 0 Å². The Morgan fingerprint density at radius 2 is 1.71 bits per heavy atom. The van der Waals surface area contributed by atoms with Crippen molar-refractivity contribution in [1.82, 2.24) is 14.2 Å². The molecule has 0 N–H and O–H groups in total. The van der Waals surface area contributed by atoms with E-state index < -0.39 is 10.0 Å². The van der Waals surface area contributed by atoms with Gasteiger partial charge in [0.25, 0.3) is 5.91 Å². The first-order valence-electron chi connectivity index (χ1n) is 14.0. The number of morpholine rings is 1. The van der Waals surface area contributed by atoms with Crippen molar-refractivity contribution in [3.05, 3.63) is 47.5 Å². The molecule has 3 aromatic rings. The number of aromatic nitrogens is 1. The number of halogens is 1. The number of ether oxygens (including phenoxy) is 2. The van der Waals surface area contributed by atoms with Gasteiger partial charge < -0.3 is 9.47 Å². The summed E-state index contributed by atoms with van der Waals surface area (Å²) in [5, 5.41) is 0.600. The van der Waals surface area contributed by atoms with Crippen LogP contribution >= 0.6 is 23.7 Å². The normalized spacial score (nSPS) is 14.3. The molecular weight excluding hydrogens is 584 g/mol. The monoisotopic (exact) mass is 624 g/mol. The van der Waals surface area contributed by atoms with Crippen LogP contribution in [-0.2, 0) is 14.8 Å². The topological polar surface area (TPSA) is 92.3 Å². The molecule has 1 aromatic heterocycles. The fourth-order valence-electron chi connectivity index (χ4n) is 4.87. The largest absolute Gasteiger partial charge is 0.494 e. The Labute approximate surface area is 253 Å². The van der Waals surface area contributed by atoms with Gasteiger partial charge in [-0.25, -0.2) is 13.4 Å². The van der Waals surface area contributed by atoms with Crippen LogP contribution in [0.4, 0.5) is 5.13 Å². The minimum absolute atomic E-state index is 0. The molecule has 4 rings (SSSR count). The summed E-state index contributed by atoms with van der Waals surface area (Å²) in [5.41, 5.74) is 2.23. The number of hydrogen-bond donors (Lipinski definition) is 0. The van der Waals surface area contributed by atoms with Crippen molar-refractivity contribution in [3.63, 3.8) is 0 Å². The fraction of sp³-hybridized carbons (Fsp3) is 0.517. The van der Waals surface area contributed by atoms with Crippen LogP contribution in [-0.4, -0.2) is 88.1 Å². The van der Waals surface area contributed by atoms with E-state index >= 15 is 0 Å². The van der Waals surface area contributed by atoms with Gasteiger partial charge in [-0.15, -0.1) is 12.4 Å². The second-order valence-electron chi connectivity index (χ2n) is 9.95. The van der Waals surface area contributed by atoms with Crippen LogP contribution in [0.2, 0.25) is 0 Å². The average Bonchev–Trinajstić information content (AvgIpc) is 3.42. The van der Waals surface area contributed by atoms with Crippen LogP contribution in [0.15, 0.2) is 41.3 Å². The summed E-state index contributed by atoms with van der Waals surface area (Å²) in [4.78, 5) is 23.0. The summed E-state index contributed by atoms with van der Waals surface area (Å²) < 4.78 is 40.0. The molecule has 1 fully saturated rings. The van der Waals surface area contributed by atoms with Gasteiger partial charge in [0.15, 0.2) is 5.13 Å². The summed E-state index contributed by atoms with van der Waals surface area (Å²) in [6.45, 7) is 11.4. The number of anilines is 1. The molecule has 41 heavy (non-hydrogen) atoms. The van der Waals surface area contributed by atoms with Gasteiger partial charge in [0.05, 0.1) is 29.9 Å². The molecule has 0 radical (unpaired) electrons. The number of nitrogens with zero attached hydrogens (tertiary/aromatic N) is 4. The summed E-state index contributed by atoms with van der Waals surface area (Å²) >= 11 is 1.47. The molecule has 0 spiro atoms. The van der Waals surface area contributed by atoms with Gasteiger partial charge in [-0.3, -0.25) is 14.6 Å². The fourth-order valence-corrected chi connectivity index (χ4v) is 7.57. The third-order valence-electron chi connectivity index (χ3n) is 7.03. The van der Waals surface area contributed by atoms with Crippen LogP contribution < -0.4 is 9.64 Å². The molecule has 2 heterocycles. The maximum Gasteiger partial charge on any atom is 0.260 e. The number of carbonyl (C=O) groups is 1. The maximum atomic E-state index is 13.9. The van der Waals surface area contributed by atoms with E-state index in [1.807, 2.05) is 32.9 Å². The zero-order chi connectivity index (χ0) is 28.7. The minimum Gasteiger partial charge on any atom is -0.494 e. The van der Waals surface area contributed by atoms with Gasteiger partial charge in [-0.1, -0.05) is 31.3 Å². The Bertz CT molecular complexity index is 1390. The lowest BCUT2D eigenvalue weighted by Crippen LogP contribution is -2.39. The molecule has 226 valence electrons. The average molecular weight is 625 g/mol. The number of benzene rings is 2. The lowest BCUT2D eigenvalue weighted by Gasteiger charge is -2.27. The van der Waals surface area contributed by atoms with Crippen molar-refractivity contribution < 1.29 is 22.7 Å².